The van der Waals surface area contributed by atoms with Gasteiger partial charge in [-0.1, -0.05) is 23.6 Å². The SMILES string of the molecule is Cc1ncccc1Oc1sc(C(=O)N2CC(C)(F)C2)c2c1C(=S)C(=CN)CC2. The molecular weight excluding hydrogens is 397 g/mol. The fourth-order valence-electron chi connectivity index (χ4n) is 3.56. The maximum Gasteiger partial charge on any atom is 0.264 e. The van der Waals surface area contributed by atoms with E-state index in [4.69, 9.17) is 22.7 Å². The molecule has 0 saturated carbocycles. The van der Waals surface area contributed by atoms with Crippen molar-refractivity contribution in [1.82, 2.24) is 9.88 Å². The molecule has 1 fully saturated rings. The minimum absolute atomic E-state index is 0.106. The minimum atomic E-state index is -1.32. The van der Waals surface area contributed by atoms with Crippen LogP contribution in [0.1, 0.15) is 39.8 Å². The molecule has 0 unspecified atom stereocenters. The number of carbonyl (C=O) groups is 1. The zero-order valence-electron chi connectivity index (χ0n) is 15.6. The number of alkyl halides is 1. The first kappa shape index (κ1) is 19.0. The predicted molar refractivity (Wildman–Crippen MR) is 111 cm³/mol. The van der Waals surface area contributed by atoms with Gasteiger partial charge in [0.05, 0.1) is 34.1 Å². The highest BCUT2D eigenvalue weighted by Crippen LogP contribution is 2.45. The molecule has 1 aliphatic carbocycles. The largest absolute Gasteiger partial charge is 0.444 e. The highest BCUT2D eigenvalue weighted by molar-refractivity contribution is 7.81. The predicted octanol–water partition coefficient (Wildman–Crippen LogP) is 3.93. The van der Waals surface area contributed by atoms with E-state index < -0.39 is 5.67 Å². The van der Waals surface area contributed by atoms with Crippen molar-refractivity contribution in [2.45, 2.75) is 32.4 Å². The number of carbonyl (C=O) groups excluding carboxylic acids is 1. The third-order valence-corrected chi connectivity index (χ3v) is 6.59. The Morgan fingerprint density at radius 1 is 1.46 bits per heavy atom. The van der Waals surface area contributed by atoms with Gasteiger partial charge >= 0.3 is 0 Å². The van der Waals surface area contributed by atoms with Crippen LogP contribution in [-0.2, 0) is 6.42 Å². The van der Waals surface area contributed by atoms with Gasteiger partial charge in [-0.05, 0) is 56.2 Å². The molecule has 1 amide bonds. The van der Waals surface area contributed by atoms with Crippen LogP contribution in [0.25, 0.3) is 0 Å². The van der Waals surface area contributed by atoms with Crippen LogP contribution in [0.15, 0.2) is 30.1 Å². The molecule has 5 nitrogen and oxygen atoms in total. The molecule has 0 spiro atoms. The van der Waals surface area contributed by atoms with Crippen molar-refractivity contribution in [3.05, 3.63) is 51.8 Å². The number of amides is 1. The van der Waals surface area contributed by atoms with Crippen molar-refractivity contribution < 1.29 is 13.9 Å². The molecule has 4 rings (SSSR count). The molecule has 1 saturated heterocycles. The van der Waals surface area contributed by atoms with Crippen molar-refractivity contribution >= 4 is 34.3 Å². The second-order valence-electron chi connectivity index (χ2n) is 7.36. The average Bonchev–Trinajstić information content (AvgIpc) is 3.00. The number of rotatable bonds is 3. The van der Waals surface area contributed by atoms with Crippen molar-refractivity contribution in [1.29, 1.82) is 0 Å². The van der Waals surface area contributed by atoms with Crippen LogP contribution < -0.4 is 10.5 Å². The molecule has 2 aromatic rings. The number of halogens is 1. The monoisotopic (exact) mass is 417 g/mol. The third kappa shape index (κ3) is 3.20. The van der Waals surface area contributed by atoms with Crippen molar-refractivity contribution in [2.24, 2.45) is 5.73 Å². The molecule has 146 valence electrons. The van der Waals surface area contributed by atoms with Gasteiger partial charge in [-0.2, -0.15) is 0 Å². The molecule has 2 N–H and O–H groups in total. The van der Waals surface area contributed by atoms with Gasteiger partial charge in [-0.25, -0.2) is 4.39 Å². The summed E-state index contributed by atoms with van der Waals surface area (Å²) in [6.45, 7) is 3.57. The number of aryl methyl sites for hydroxylation is 1. The molecule has 0 atom stereocenters. The normalized spacial score (nSPS) is 19.3. The summed E-state index contributed by atoms with van der Waals surface area (Å²) in [7, 11) is 0. The number of nitrogens with two attached hydrogens (primary N) is 1. The van der Waals surface area contributed by atoms with Crippen LogP contribution in [0.2, 0.25) is 0 Å². The van der Waals surface area contributed by atoms with Gasteiger partial charge in [0, 0.05) is 6.20 Å². The Kier molecular flexibility index (Phi) is 4.71. The van der Waals surface area contributed by atoms with Crippen molar-refractivity contribution in [2.75, 3.05) is 13.1 Å². The molecule has 28 heavy (non-hydrogen) atoms. The Morgan fingerprint density at radius 2 is 2.21 bits per heavy atom. The summed E-state index contributed by atoms with van der Waals surface area (Å²) in [6.07, 6.45) is 4.53. The number of likely N-dealkylation sites (tertiary alicyclic amines) is 1. The summed E-state index contributed by atoms with van der Waals surface area (Å²) in [5.74, 6) is 0.439. The van der Waals surface area contributed by atoms with E-state index in [1.54, 1.807) is 12.3 Å². The standard InChI is InChI=1S/C20H20FN3O2S2/c1-11-14(4-3-7-23-11)26-19-15-13(6-5-12(8-22)16(15)27)17(28-19)18(25)24-9-20(2,21)10-24/h3-4,7-8H,5-6,9-10,22H2,1-2H3. The number of nitrogens with zero attached hydrogens (tertiary/aromatic N) is 2. The van der Waals surface area contributed by atoms with Gasteiger partial charge in [0.15, 0.2) is 5.06 Å². The zero-order chi connectivity index (χ0) is 20.1. The van der Waals surface area contributed by atoms with Gasteiger partial charge in [-0.15, -0.1) is 0 Å². The number of hydrogen-bond donors (Lipinski definition) is 1. The number of ether oxygens (including phenoxy) is 1. The molecule has 1 aliphatic heterocycles. The van der Waals surface area contributed by atoms with Gasteiger partial charge < -0.3 is 15.4 Å². The smallest absolute Gasteiger partial charge is 0.264 e. The quantitative estimate of drug-likeness (QED) is 0.605. The number of thiophene rings is 1. The summed E-state index contributed by atoms with van der Waals surface area (Å²) >= 11 is 6.90. The topological polar surface area (TPSA) is 68.5 Å². The molecule has 2 aliphatic rings. The highest BCUT2D eigenvalue weighted by atomic mass is 32.1. The van der Waals surface area contributed by atoms with Crippen LogP contribution in [0.5, 0.6) is 10.8 Å². The number of allylic oxidation sites excluding steroid dienone is 1. The Hall–Kier alpha value is -2.32. The first-order valence-corrected chi connectivity index (χ1v) is 10.2. The van der Waals surface area contributed by atoms with E-state index in [1.807, 2.05) is 13.0 Å². The van der Waals surface area contributed by atoms with Crippen LogP contribution in [0.4, 0.5) is 4.39 Å². The van der Waals surface area contributed by atoms with E-state index in [-0.39, 0.29) is 19.0 Å². The van der Waals surface area contributed by atoms with E-state index in [9.17, 15) is 9.18 Å². The summed E-state index contributed by atoms with van der Waals surface area (Å²) in [6, 6.07) is 3.62. The lowest BCUT2D eigenvalue weighted by Gasteiger charge is -2.42. The van der Waals surface area contributed by atoms with Gasteiger partial charge in [0.1, 0.15) is 11.4 Å². The van der Waals surface area contributed by atoms with E-state index in [1.165, 1.54) is 29.4 Å². The minimum Gasteiger partial charge on any atom is -0.444 e. The Morgan fingerprint density at radius 3 is 2.86 bits per heavy atom. The zero-order valence-corrected chi connectivity index (χ0v) is 17.3. The van der Waals surface area contributed by atoms with E-state index in [2.05, 4.69) is 4.98 Å². The maximum atomic E-state index is 13.9. The number of aromatic nitrogens is 1. The summed E-state index contributed by atoms with van der Waals surface area (Å²) in [5, 5.41) is 0.557. The second kappa shape index (κ2) is 6.93. The third-order valence-electron chi connectivity index (χ3n) is 5.02. The molecule has 0 bridgehead atoms. The average molecular weight is 418 g/mol. The Bertz CT molecular complexity index is 1000. The van der Waals surface area contributed by atoms with Crippen molar-refractivity contribution in [3.8, 4) is 10.8 Å². The van der Waals surface area contributed by atoms with Crippen LogP contribution in [-0.4, -0.2) is 39.4 Å². The number of thiocarbonyl (C=S) groups is 1. The molecule has 2 aromatic heterocycles. The molecule has 0 radical (unpaired) electrons. The number of hydrogen-bond acceptors (Lipinski definition) is 6. The second-order valence-corrected chi connectivity index (χ2v) is 8.75. The van der Waals surface area contributed by atoms with E-state index in [0.717, 1.165) is 22.4 Å². The van der Waals surface area contributed by atoms with Gasteiger partial charge in [0.2, 0.25) is 0 Å². The van der Waals surface area contributed by atoms with Crippen LogP contribution >= 0.6 is 23.6 Å². The van der Waals surface area contributed by atoms with Crippen LogP contribution in [0, 0.1) is 6.92 Å². The number of pyridine rings is 1. The fourth-order valence-corrected chi connectivity index (χ4v) is 5.20. The van der Waals surface area contributed by atoms with Gasteiger partial charge in [-0.3, -0.25) is 9.78 Å². The van der Waals surface area contributed by atoms with Crippen molar-refractivity contribution in [3.63, 3.8) is 0 Å². The number of fused-ring (bicyclic) bond motifs is 1. The molecular formula is C20H20FN3O2S2. The molecule has 0 aromatic carbocycles. The molecule has 8 heteroatoms. The molecule has 3 heterocycles. The van der Waals surface area contributed by atoms with E-state index in [0.29, 0.717) is 33.4 Å². The summed E-state index contributed by atoms with van der Waals surface area (Å²) < 4.78 is 20.0. The Labute approximate surface area is 172 Å². The lowest BCUT2D eigenvalue weighted by Crippen LogP contribution is -2.59. The Balaban J connectivity index is 1.76. The first-order chi connectivity index (χ1) is 13.3. The summed E-state index contributed by atoms with van der Waals surface area (Å²) in [5.41, 5.74) is 7.65. The fraction of sp³-hybridized carbons (Fsp3) is 0.350. The van der Waals surface area contributed by atoms with E-state index >= 15 is 0 Å². The summed E-state index contributed by atoms with van der Waals surface area (Å²) in [4.78, 5) is 19.9. The van der Waals surface area contributed by atoms with Crippen LogP contribution in [0.3, 0.4) is 0 Å². The van der Waals surface area contributed by atoms with Gasteiger partial charge in [0.25, 0.3) is 5.91 Å². The lowest BCUT2D eigenvalue weighted by atomic mass is 9.89. The first-order valence-electron chi connectivity index (χ1n) is 8.99. The maximum absolute atomic E-state index is 13.9. The lowest BCUT2D eigenvalue weighted by molar-refractivity contribution is -0.00760. The highest BCUT2D eigenvalue weighted by Gasteiger charge is 2.43.